The van der Waals surface area contributed by atoms with Gasteiger partial charge in [0.2, 0.25) is 0 Å². The Hall–Kier alpha value is -2.20. The van der Waals surface area contributed by atoms with Crippen LogP contribution in [0.5, 0.6) is 0 Å². The minimum Gasteiger partial charge on any atom is -0.379 e. The summed E-state index contributed by atoms with van der Waals surface area (Å²) in [6, 6.07) is 1.04. The Bertz CT molecular complexity index is 841. The molecule has 1 saturated carbocycles. The number of morpholine rings is 1. The number of ether oxygens (including phenoxy) is 1. The van der Waals surface area contributed by atoms with Gasteiger partial charge in [-0.25, -0.2) is 9.50 Å². The predicted molar refractivity (Wildman–Crippen MR) is 89.6 cm³/mol. The van der Waals surface area contributed by atoms with Gasteiger partial charge in [0.05, 0.1) is 19.4 Å². The molecule has 0 bridgehead atoms. The summed E-state index contributed by atoms with van der Waals surface area (Å²) in [6.45, 7) is 3.97. The fourth-order valence-electron chi connectivity index (χ4n) is 3.18. The maximum Gasteiger partial charge on any atom is 0.433 e. The number of fused-ring (bicyclic) bond motifs is 1. The summed E-state index contributed by atoms with van der Waals surface area (Å²) in [5.41, 5.74) is -0.514. The van der Waals surface area contributed by atoms with Crippen molar-refractivity contribution in [1.29, 1.82) is 0 Å². The highest BCUT2D eigenvalue weighted by Crippen LogP contribution is 2.41. The number of aromatic nitrogens is 3. The van der Waals surface area contributed by atoms with Gasteiger partial charge in [-0.15, -0.1) is 0 Å². The van der Waals surface area contributed by atoms with Crippen molar-refractivity contribution in [2.45, 2.75) is 24.9 Å². The molecule has 2 aromatic rings. The Kier molecular flexibility index (Phi) is 4.77. The lowest BCUT2D eigenvalue weighted by atomic mass is 10.2. The topological polar surface area (TPSA) is 71.8 Å². The van der Waals surface area contributed by atoms with E-state index in [-0.39, 0.29) is 17.1 Å². The van der Waals surface area contributed by atoms with E-state index in [0.717, 1.165) is 38.2 Å². The Morgan fingerprint density at radius 3 is 2.70 bits per heavy atom. The second-order valence-corrected chi connectivity index (χ2v) is 6.84. The zero-order valence-corrected chi connectivity index (χ0v) is 14.6. The van der Waals surface area contributed by atoms with Gasteiger partial charge in [0.15, 0.2) is 5.65 Å². The van der Waals surface area contributed by atoms with E-state index in [1.54, 1.807) is 0 Å². The monoisotopic (exact) mass is 383 g/mol. The Morgan fingerprint density at radius 1 is 1.30 bits per heavy atom. The third-order valence-corrected chi connectivity index (χ3v) is 4.84. The quantitative estimate of drug-likeness (QED) is 0.851. The van der Waals surface area contributed by atoms with Gasteiger partial charge in [0, 0.05) is 37.8 Å². The van der Waals surface area contributed by atoms with E-state index in [4.69, 9.17) is 4.74 Å². The number of carbonyl (C=O) groups excluding carboxylic acids is 1. The number of nitrogens with zero attached hydrogens (tertiary/aromatic N) is 4. The number of halogens is 3. The van der Waals surface area contributed by atoms with Crippen LogP contribution in [0.15, 0.2) is 12.3 Å². The van der Waals surface area contributed by atoms with E-state index in [1.165, 1.54) is 0 Å². The molecule has 0 radical (unpaired) electrons. The normalized spacial score (nSPS) is 18.8. The number of alkyl halides is 3. The summed E-state index contributed by atoms with van der Waals surface area (Å²) in [5, 5.41) is 6.52. The third-order valence-electron chi connectivity index (χ3n) is 4.84. The van der Waals surface area contributed by atoms with Crippen molar-refractivity contribution in [3.05, 3.63) is 29.2 Å². The first-order chi connectivity index (χ1) is 12.9. The van der Waals surface area contributed by atoms with Gasteiger partial charge in [-0.2, -0.15) is 18.3 Å². The van der Waals surface area contributed by atoms with E-state index in [1.807, 2.05) is 0 Å². The van der Waals surface area contributed by atoms with E-state index in [9.17, 15) is 18.0 Å². The maximum absolute atomic E-state index is 13.4. The highest BCUT2D eigenvalue weighted by Gasteiger charge is 2.37. The van der Waals surface area contributed by atoms with Crippen LogP contribution in [0, 0.1) is 0 Å². The zero-order chi connectivity index (χ0) is 19.0. The van der Waals surface area contributed by atoms with Gasteiger partial charge in [0.25, 0.3) is 5.91 Å². The average Bonchev–Trinajstić information content (AvgIpc) is 3.40. The van der Waals surface area contributed by atoms with Crippen molar-refractivity contribution in [2.75, 3.05) is 39.4 Å². The number of amides is 1. The van der Waals surface area contributed by atoms with Crippen LogP contribution < -0.4 is 5.32 Å². The van der Waals surface area contributed by atoms with Crippen molar-refractivity contribution in [1.82, 2.24) is 24.8 Å². The Morgan fingerprint density at radius 2 is 2.04 bits per heavy atom. The molecule has 1 N–H and O–H groups in total. The molecule has 0 unspecified atom stereocenters. The summed E-state index contributed by atoms with van der Waals surface area (Å²) >= 11 is 0. The van der Waals surface area contributed by atoms with E-state index >= 15 is 0 Å². The minimum atomic E-state index is -4.57. The molecule has 1 amide bonds. The van der Waals surface area contributed by atoms with Crippen molar-refractivity contribution >= 4 is 11.6 Å². The molecule has 4 rings (SSSR count). The van der Waals surface area contributed by atoms with Crippen LogP contribution in [0.3, 0.4) is 0 Å². The van der Waals surface area contributed by atoms with E-state index in [2.05, 4.69) is 20.3 Å². The Balaban J connectivity index is 1.54. The molecule has 1 aliphatic heterocycles. The van der Waals surface area contributed by atoms with Gasteiger partial charge in [0.1, 0.15) is 11.3 Å². The maximum atomic E-state index is 13.4. The van der Waals surface area contributed by atoms with Gasteiger partial charge in [-0.05, 0) is 18.9 Å². The molecule has 27 heavy (non-hydrogen) atoms. The van der Waals surface area contributed by atoms with Crippen molar-refractivity contribution in [2.24, 2.45) is 0 Å². The highest BCUT2D eigenvalue weighted by atomic mass is 19.4. The lowest BCUT2D eigenvalue weighted by molar-refractivity contribution is -0.142. The molecule has 2 aliphatic rings. The smallest absolute Gasteiger partial charge is 0.379 e. The molecule has 146 valence electrons. The number of nitrogens with one attached hydrogen (secondary N) is 1. The van der Waals surface area contributed by atoms with Crippen molar-refractivity contribution in [3.63, 3.8) is 0 Å². The predicted octanol–water partition coefficient (Wildman–Crippen LogP) is 1.69. The molecule has 1 saturated heterocycles. The molecule has 1 aliphatic carbocycles. The van der Waals surface area contributed by atoms with Crippen LogP contribution in [0.1, 0.15) is 40.5 Å². The summed E-state index contributed by atoms with van der Waals surface area (Å²) < 4.78 is 46.2. The average molecular weight is 383 g/mol. The van der Waals surface area contributed by atoms with Gasteiger partial charge in [-0.1, -0.05) is 0 Å². The minimum absolute atomic E-state index is 0.0308. The van der Waals surface area contributed by atoms with Gasteiger partial charge >= 0.3 is 6.18 Å². The van der Waals surface area contributed by atoms with Crippen molar-refractivity contribution in [3.8, 4) is 0 Å². The molecular formula is C17H20F3N5O2. The fraction of sp³-hybridized carbons (Fsp3) is 0.588. The lowest BCUT2D eigenvalue weighted by Crippen LogP contribution is -2.41. The first-order valence-electron chi connectivity index (χ1n) is 8.97. The second kappa shape index (κ2) is 7.08. The molecule has 0 atom stereocenters. The number of carbonyl (C=O) groups is 1. The van der Waals surface area contributed by atoms with Crippen LogP contribution in [0.4, 0.5) is 13.2 Å². The molecule has 0 aromatic carbocycles. The SMILES string of the molecule is O=C(NCCN1CCOCC1)c1cnn2c(C(F)(F)F)cc(C3CC3)nc12. The lowest BCUT2D eigenvalue weighted by Gasteiger charge is -2.26. The summed E-state index contributed by atoms with van der Waals surface area (Å²) in [7, 11) is 0. The molecular weight excluding hydrogens is 363 g/mol. The number of rotatable bonds is 5. The largest absolute Gasteiger partial charge is 0.433 e. The van der Waals surface area contributed by atoms with Gasteiger partial charge in [-0.3, -0.25) is 9.69 Å². The van der Waals surface area contributed by atoms with E-state index in [0.29, 0.717) is 36.5 Å². The van der Waals surface area contributed by atoms with Crippen LogP contribution in [0.25, 0.3) is 5.65 Å². The highest BCUT2D eigenvalue weighted by molar-refractivity contribution is 5.99. The first kappa shape index (κ1) is 18.2. The third kappa shape index (κ3) is 3.91. The molecule has 3 heterocycles. The van der Waals surface area contributed by atoms with Crippen LogP contribution in [-0.4, -0.2) is 64.8 Å². The molecule has 0 spiro atoms. The summed E-state index contributed by atoms with van der Waals surface area (Å²) in [4.78, 5) is 19.0. The van der Waals surface area contributed by atoms with Crippen LogP contribution >= 0.6 is 0 Å². The number of hydrogen-bond donors (Lipinski definition) is 1. The fourth-order valence-corrected chi connectivity index (χ4v) is 3.18. The number of hydrogen-bond acceptors (Lipinski definition) is 5. The second-order valence-electron chi connectivity index (χ2n) is 6.84. The van der Waals surface area contributed by atoms with E-state index < -0.39 is 17.8 Å². The standard InChI is InChI=1S/C17H20F3N5O2/c18-17(19,20)14-9-13(11-1-2-11)23-15-12(10-22-25(14)15)16(26)21-3-4-24-5-7-27-8-6-24/h9-11H,1-8H2,(H,21,26). The summed E-state index contributed by atoms with van der Waals surface area (Å²) in [6.07, 6.45) is -1.79. The summed E-state index contributed by atoms with van der Waals surface area (Å²) in [5.74, 6) is -0.435. The van der Waals surface area contributed by atoms with Gasteiger partial charge < -0.3 is 10.1 Å². The molecule has 10 heteroatoms. The van der Waals surface area contributed by atoms with Crippen LogP contribution in [0.2, 0.25) is 0 Å². The molecule has 7 nitrogen and oxygen atoms in total. The molecule has 2 aromatic heterocycles. The first-order valence-corrected chi connectivity index (χ1v) is 8.97. The van der Waals surface area contributed by atoms with Crippen molar-refractivity contribution < 1.29 is 22.7 Å². The zero-order valence-electron chi connectivity index (χ0n) is 14.6. The van der Waals surface area contributed by atoms with Crippen LogP contribution in [-0.2, 0) is 10.9 Å². The Labute approximate surface area is 153 Å². The molecule has 2 fully saturated rings.